The molecule has 0 aliphatic heterocycles. The summed E-state index contributed by atoms with van der Waals surface area (Å²) in [6, 6.07) is 5.26. The number of aryl methyl sites for hydroxylation is 2. The zero-order valence-electron chi connectivity index (χ0n) is 14.1. The maximum absolute atomic E-state index is 13.7. The molecule has 1 aromatic heterocycles. The first-order valence-corrected chi connectivity index (χ1v) is 7.70. The van der Waals surface area contributed by atoms with E-state index in [1.807, 2.05) is 32.4 Å². The Morgan fingerprint density at radius 1 is 1.43 bits per heavy atom. The van der Waals surface area contributed by atoms with Crippen LogP contribution in [0.5, 0.6) is 0 Å². The molecule has 0 amide bonds. The van der Waals surface area contributed by atoms with Crippen molar-refractivity contribution in [3.05, 3.63) is 53.1 Å². The molecule has 0 bridgehead atoms. The second-order valence-electron chi connectivity index (χ2n) is 5.65. The largest absolute Gasteiger partial charge is 0.356 e. The van der Waals surface area contributed by atoms with E-state index in [2.05, 4.69) is 20.7 Å². The summed E-state index contributed by atoms with van der Waals surface area (Å²) in [6.45, 7) is 4.49. The topological polar surface area (TPSA) is 54.2 Å². The van der Waals surface area contributed by atoms with Crippen molar-refractivity contribution in [2.24, 2.45) is 12.0 Å². The highest BCUT2D eigenvalue weighted by Gasteiger charge is 2.09. The van der Waals surface area contributed by atoms with Crippen LogP contribution >= 0.6 is 0 Å². The summed E-state index contributed by atoms with van der Waals surface area (Å²) in [5.74, 6) is 0.512. The average Bonchev–Trinajstić information content (AvgIpc) is 2.94. The number of halogens is 1. The summed E-state index contributed by atoms with van der Waals surface area (Å²) >= 11 is 0. The van der Waals surface area contributed by atoms with Crippen LogP contribution in [0.25, 0.3) is 0 Å². The van der Waals surface area contributed by atoms with Gasteiger partial charge in [-0.1, -0.05) is 12.1 Å². The van der Waals surface area contributed by atoms with Gasteiger partial charge in [-0.15, -0.1) is 0 Å². The third kappa shape index (κ3) is 4.81. The van der Waals surface area contributed by atoms with E-state index in [1.54, 1.807) is 30.8 Å². The van der Waals surface area contributed by atoms with Gasteiger partial charge in [0, 0.05) is 26.8 Å². The van der Waals surface area contributed by atoms with Crippen LogP contribution in [0.15, 0.2) is 35.6 Å². The van der Waals surface area contributed by atoms with E-state index in [0.29, 0.717) is 11.5 Å². The molecule has 0 fully saturated rings. The lowest BCUT2D eigenvalue weighted by atomic mass is 10.1. The van der Waals surface area contributed by atoms with E-state index in [1.165, 1.54) is 5.56 Å². The molecule has 0 spiro atoms. The van der Waals surface area contributed by atoms with E-state index in [-0.39, 0.29) is 11.9 Å². The van der Waals surface area contributed by atoms with Gasteiger partial charge in [0.25, 0.3) is 0 Å². The highest BCUT2D eigenvalue weighted by molar-refractivity contribution is 5.80. The number of nitrogens with one attached hydrogen (secondary N) is 2. The second-order valence-corrected chi connectivity index (χ2v) is 5.65. The summed E-state index contributed by atoms with van der Waals surface area (Å²) in [4.78, 5) is 4.21. The maximum atomic E-state index is 13.7. The molecule has 2 rings (SSSR count). The van der Waals surface area contributed by atoms with Crippen molar-refractivity contribution < 1.29 is 4.39 Å². The second kappa shape index (κ2) is 7.76. The molecule has 5 nitrogen and oxygen atoms in total. The number of rotatable bonds is 5. The van der Waals surface area contributed by atoms with Gasteiger partial charge in [0.15, 0.2) is 5.96 Å². The Kier molecular flexibility index (Phi) is 5.73. The van der Waals surface area contributed by atoms with Crippen molar-refractivity contribution >= 4 is 5.96 Å². The van der Waals surface area contributed by atoms with Crippen molar-refractivity contribution in [3.8, 4) is 0 Å². The highest BCUT2D eigenvalue weighted by Crippen LogP contribution is 2.16. The summed E-state index contributed by atoms with van der Waals surface area (Å²) in [5.41, 5.74) is 2.72. The van der Waals surface area contributed by atoms with Crippen LogP contribution in [0.3, 0.4) is 0 Å². The minimum absolute atomic E-state index is 0.0327. The normalized spacial score (nSPS) is 13.0. The quantitative estimate of drug-likeness (QED) is 0.657. The number of guanidine groups is 1. The van der Waals surface area contributed by atoms with Gasteiger partial charge in [0.1, 0.15) is 5.82 Å². The highest BCUT2D eigenvalue weighted by atomic mass is 19.1. The monoisotopic (exact) mass is 317 g/mol. The first-order chi connectivity index (χ1) is 11.0. The van der Waals surface area contributed by atoms with Crippen molar-refractivity contribution in [1.29, 1.82) is 0 Å². The fourth-order valence-corrected chi connectivity index (χ4v) is 2.29. The van der Waals surface area contributed by atoms with Gasteiger partial charge in [0.2, 0.25) is 0 Å². The van der Waals surface area contributed by atoms with Crippen molar-refractivity contribution in [3.63, 3.8) is 0 Å². The van der Waals surface area contributed by atoms with Crippen LogP contribution in [-0.4, -0.2) is 29.3 Å². The van der Waals surface area contributed by atoms with Crippen LogP contribution < -0.4 is 10.6 Å². The molecular weight excluding hydrogens is 293 g/mol. The van der Waals surface area contributed by atoms with Gasteiger partial charge < -0.3 is 10.6 Å². The third-order valence-corrected chi connectivity index (χ3v) is 3.74. The molecule has 1 unspecified atom stereocenters. The van der Waals surface area contributed by atoms with E-state index in [0.717, 1.165) is 18.5 Å². The first-order valence-electron chi connectivity index (χ1n) is 7.70. The fourth-order valence-electron chi connectivity index (χ4n) is 2.29. The number of hydrogen-bond donors (Lipinski definition) is 2. The van der Waals surface area contributed by atoms with Gasteiger partial charge in [-0.25, -0.2) is 4.39 Å². The molecule has 0 aliphatic rings. The number of aliphatic imine (C=N–C) groups is 1. The molecule has 1 heterocycles. The fraction of sp³-hybridized carbons (Fsp3) is 0.412. The maximum Gasteiger partial charge on any atom is 0.191 e. The summed E-state index contributed by atoms with van der Waals surface area (Å²) in [5, 5.41) is 10.7. The Morgan fingerprint density at radius 2 is 2.22 bits per heavy atom. The Morgan fingerprint density at radius 3 is 2.83 bits per heavy atom. The first kappa shape index (κ1) is 17.0. The van der Waals surface area contributed by atoms with Gasteiger partial charge in [-0.3, -0.25) is 9.67 Å². The zero-order valence-corrected chi connectivity index (χ0v) is 14.1. The smallest absolute Gasteiger partial charge is 0.191 e. The minimum atomic E-state index is -0.185. The predicted molar refractivity (Wildman–Crippen MR) is 91.0 cm³/mol. The summed E-state index contributed by atoms with van der Waals surface area (Å²) in [6.07, 6.45) is 4.72. The van der Waals surface area contributed by atoms with Crippen molar-refractivity contribution in [2.45, 2.75) is 26.3 Å². The zero-order chi connectivity index (χ0) is 16.8. The van der Waals surface area contributed by atoms with E-state index in [4.69, 9.17) is 0 Å². The molecule has 124 valence electrons. The molecule has 2 N–H and O–H groups in total. The molecular formula is C17H24FN5. The van der Waals surface area contributed by atoms with Crippen LogP contribution in [-0.2, 0) is 13.5 Å². The van der Waals surface area contributed by atoms with Gasteiger partial charge in [-0.2, -0.15) is 5.10 Å². The van der Waals surface area contributed by atoms with Gasteiger partial charge in [0.05, 0.1) is 12.2 Å². The van der Waals surface area contributed by atoms with Crippen LogP contribution in [0.1, 0.15) is 29.7 Å². The van der Waals surface area contributed by atoms with Gasteiger partial charge in [-0.05, 0) is 43.0 Å². The Bertz CT molecular complexity index is 677. The Labute approximate surface area is 136 Å². The van der Waals surface area contributed by atoms with Crippen LogP contribution in [0.4, 0.5) is 4.39 Å². The molecule has 1 aromatic carbocycles. The van der Waals surface area contributed by atoms with Crippen LogP contribution in [0, 0.1) is 12.7 Å². The van der Waals surface area contributed by atoms with E-state index in [9.17, 15) is 4.39 Å². The molecule has 2 aromatic rings. The van der Waals surface area contributed by atoms with Crippen molar-refractivity contribution in [2.75, 3.05) is 13.6 Å². The molecule has 0 radical (unpaired) electrons. The molecule has 1 atom stereocenters. The number of nitrogens with zero attached hydrogens (tertiary/aromatic N) is 3. The predicted octanol–water partition coefficient (Wildman–Crippen LogP) is 2.34. The minimum Gasteiger partial charge on any atom is -0.356 e. The summed E-state index contributed by atoms with van der Waals surface area (Å²) in [7, 11) is 3.63. The lowest BCUT2D eigenvalue weighted by Crippen LogP contribution is -2.39. The lowest BCUT2D eigenvalue weighted by molar-refractivity contribution is 0.607. The molecule has 23 heavy (non-hydrogen) atoms. The van der Waals surface area contributed by atoms with E-state index >= 15 is 0 Å². The summed E-state index contributed by atoms with van der Waals surface area (Å²) < 4.78 is 15.5. The SMILES string of the molecule is CN=C(NCCc1cnn(C)c1)NC(C)c1ccc(C)c(F)c1. The molecule has 0 saturated heterocycles. The third-order valence-electron chi connectivity index (χ3n) is 3.74. The molecule has 6 heteroatoms. The number of aromatic nitrogens is 2. The van der Waals surface area contributed by atoms with Crippen LogP contribution in [0.2, 0.25) is 0 Å². The molecule has 0 aliphatic carbocycles. The Hall–Kier alpha value is -2.37. The number of benzene rings is 1. The average molecular weight is 317 g/mol. The number of hydrogen-bond acceptors (Lipinski definition) is 2. The van der Waals surface area contributed by atoms with E-state index < -0.39 is 0 Å². The standard InChI is InChI=1S/C17H24FN5/c1-12-5-6-15(9-16(12)18)13(2)22-17(19-3)20-8-7-14-10-21-23(4)11-14/h5-6,9-11,13H,7-8H2,1-4H3,(H2,19,20,22). The van der Waals surface area contributed by atoms with Crippen molar-refractivity contribution in [1.82, 2.24) is 20.4 Å². The van der Waals surface area contributed by atoms with Gasteiger partial charge >= 0.3 is 0 Å². The molecule has 0 saturated carbocycles. The lowest BCUT2D eigenvalue weighted by Gasteiger charge is -2.18. The Balaban J connectivity index is 1.87.